The molecule has 0 atom stereocenters. The molecular weight excluding hydrogens is 252 g/mol. The predicted molar refractivity (Wildman–Crippen MR) is 70.7 cm³/mol. The summed E-state index contributed by atoms with van der Waals surface area (Å²) in [6.45, 7) is 2.63. The second kappa shape index (κ2) is 8.86. The summed E-state index contributed by atoms with van der Waals surface area (Å²) in [5.41, 5.74) is 0.199. The van der Waals surface area contributed by atoms with Crippen molar-refractivity contribution >= 4 is 17.6 Å². The Morgan fingerprint density at radius 3 is 2.56 bits per heavy atom. The van der Waals surface area contributed by atoms with Gasteiger partial charge in [0.25, 0.3) is 0 Å². The third-order valence-corrected chi connectivity index (χ3v) is 2.76. The van der Waals surface area contributed by atoms with Crippen LogP contribution in [0.3, 0.4) is 0 Å². The number of hydrogen-bond acceptors (Lipinski definition) is 4. The molecule has 0 fully saturated rings. The molecule has 0 aromatic carbocycles. The van der Waals surface area contributed by atoms with E-state index in [-0.39, 0.29) is 10.8 Å². The van der Waals surface area contributed by atoms with Crippen molar-refractivity contribution in [2.75, 3.05) is 6.61 Å². The van der Waals surface area contributed by atoms with Crippen LogP contribution in [0.4, 0.5) is 0 Å². The molecule has 0 aliphatic heterocycles. The Morgan fingerprint density at radius 2 is 1.89 bits per heavy atom. The highest BCUT2D eigenvalue weighted by Crippen LogP contribution is 2.06. The maximum absolute atomic E-state index is 11.5. The Kier molecular flexibility index (Phi) is 7.34. The van der Waals surface area contributed by atoms with Gasteiger partial charge in [0.1, 0.15) is 5.15 Å². The summed E-state index contributed by atoms with van der Waals surface area (Å²) >= 11 is 5.58. The molecular formula is C13H19ClN2O2. The summed E-state index contributed by atoms with van der Waals surface area (Å²) in [5.74, 6) is -0.437. The molecule has 18 heavy (non-hydrogen) atoms. The summed E-state index contributed by atoms with van der Waals surface area (Å²) in [6, 6.07) is 0. The number of hydrogen-bond donors (Lipinski definition) is 0. The van der Waals surface area contributed by atoms with E-state index in [0.29, 0.717) is 6.61 Å². The van der Waals surface area contributed by atoms with E-state index < -0.39 is 5.97 Å². The fraction of sp³-hybridized carbons (Fsp3) is 0.615. The van der Waals surface area contributed by atoms with Crippen LogP contribution in [-0.4, -0.2) is 22.5 Å². The van der Waals surface area contributed by atoms with Crippen molar-refractivity contribution in [1.29, 1.82) is 0 Å². The molecule has 0 aliphatic carbocycles. The van der Waals surface area contributed by atoms with Crippen LogP contribution >= 0.6 is 11.6 Å². The van der Waals surface area contributed by atoms with Gasteiger partial charge in [-0.15, -0.1) is 0 Å². The first-order chi connectivity index (χ1) is 8.74. The lowest BCUT2D eigenvalue weighted by atomic mass is 10.1. The number of carbonyl (C=O) groups is 1. The Labute approximate surface area is 113 Å². The number of aromatic nitrogens is 2. The van der Waals surface area contributed by atoms with Crippen molar-refractivity contribution in [1.82, 2.24) is 9.97 Å². The van der Waals surface area contributed by atoms with E-state index in [0.717, 1.165) is 12.8 Å². The fourth-order valence-electron chi connectivity index (χ4n) is 1.54. The Hall–Kier alpha value is -1.16. The first-order valence-corrected chi connectivity index (χ1v) is 6.76. The van der Waals surface area contributed by atoms with Crippen molar-refractivity contribution in [3.8, 4) is 0 Å². The molecule has 0 saturated heterocycles. The zero-order valence-electron chi connectivity index (χ0n) is 10.7. The normalized spacial score (nSPS) is 10.3. The quantitative estimate of drug-likeness (QED) is 0.534. The second-order valence-corrected chi connectivity index (χ2v) is 4.52. The van der Waals surface area contributed by atoms with E-state index in [1.807, 2.05) is 0 Å². The molecule has 0 N–H and O–H groups in total. The average Bonchev–Trinajstić information content (AvgIpc) is 2.38. The van der Waals surface area contributed by atoms with E-state index in [1.54, 1.807) is 0 Å². The summed E-state index contributed by atoms with van der Waals surface area (Å²) < 4.78 is 5.09. The molecule has 100 valence electrons. The number of ether oxygens (including phenoxy) is 1. The van der Waals surface area contributed by atoms with Crippen LogP contribution in [0.15, 0.2) is 12.4 Å². The average molecular weight is 271 g/mol. The van der Waals surface area contributed by atoms with Crippen molar-refractivity contribution in [2.24, 2.45) is 0 Å². The molecule has 1 heterocycles. The molecule has 0 radical (unpaired) electrons. The highest BCUT2D eigenvalue weighted by Gasteiger charge is 2.08. The largest absolute Gasteiger partial charge is 0.461 e. The topological polar surface area (TPSA) is 52.1 Å². The minimum absolute atomic E-state index is 0.199. The van der Waals surface area contributed by atoms with Gasteiger partial charge in [0.15, 0.2) is 5.69 Å². The van der Waals surface area contributed by atoms with Crippen LogP contribution in [0.1, 0.15) is 55.9 Å². The Bertz CT molecular complexity index is 355. The van der Waals surface area contributed by atoms with Crippen LogP contribution in [0.2, 0.25) is 5.15 Å². The van der Waals surface area contributed by atoms with Gasteiger partial charge >= 0.3 is 5.97 Å². The maximum Gasteiger partial charge on any atom is 0.358 e. The number of esters is 1. The zero-order valence-corrected chi connectivity index (χ0v) is 11.4. The molecule has 0 aliphatic rings. The molecule has 0 unspecified atom stereocenters. The lowest BCUT2D eigenvalue weighted by Crippen LogP contribution is -2.08. The summed E-state index contributed by atoms with van der Waals surface area (Å²) in [5, 5.41) is 0.266. The zero-order chi connectivity index (χ0) is 13.2. The molecule has 0 amide bonds. The molecule has 1 aromatic heterocycles. The van der Waals surface area contributed by atoms with Gasteiger partial charge < -0.3 is 4.74 Å². The SMILES string of the molecule is CCCCCCCCOC(=O)c1cnc(Cl)cn1. The van der Waals surface area contributed by atoms with Crippen LogP contribution < -0.4 is 0 Å². The Morgan fingerprint density at radius 1 is 1.17 bits per heavy atom. The third kappa shape index (κ3) is 5.96. The molecule has 1 aromatic rings. The molecule has 0 saturated carbocycles. The van der Waals surface area contributed by atoms with E-state index in [2.05, 4.69) is 16.9 Å². The van der Waals surface area contributed by atoms with Gasteiger partial charge in [0, 0.05) is 0 Å². The van der Waals surface area contributed by atoms with Gasteiger partial charge in [0.05, 0.1) is 19.0 Å². The van der Waals surface area contributed by atoms with Crippen LogP contribution in [0.25, 0.3) is 0 Å². The summed E-state index contributed by atoms with van der Waals surface area (Å²) in [7, 11) is 0. The van der Waals surface area contributed by atoms with Gasteiger partial charge in [-0.25, -0.2) is 14.8 Å². The van der Waals surface area contributed by atoms with E-state index >= 15 is 0 Å². The standard InChI is InChI=1S/C13H19ClN2O2/c1-2-3-4-5-6-7-8-18-13(17)11-9-16-12(14)10-15-11/h9-10H,2-8H2,1H3. The second-order valence-electron chi connectivity index (χ2n) is 4.13. The molecule has 0 spiro atoms. The summed E-state index contributed by atoms with van der Waals surface area (Å²) in [6.07, 6.45) is 9.63. The van der Waals surface area contributed by atoms with Crippen molar-refractivity contribution in [2.45, 2.75) is 45.4 Å². The number of unbranched alkanes of at least 4 members (excludes halogenated alkanes) is 5. The van der Waals surface area contributed by atoms with Crippen molar-refractivity contribution in [3.63, 3.8) is 0 Å². The predicted octanol–water partition coefficient (Wildman–Crippen LogP) is 3.65. The minimum Gasteiger partial charge on any atom is -0.461 e. The van der Waals surface area contributed by atoms with Gasteiger partial charge in [0.2, 0.25) is 0 Å². The number of halogens is 1. The molecule has 0 bridgehead atoms. The lowest BCUT2D eigenvalue weighted by molar-refractivity contribution is 0.0490. The van der Waals surface area contributed by atoms with E-state index in [1.165, 1.54) is 38.1 Å². The van der Waals surface area contributed by atoms with Gasteiger partial charge in [-0.1, -0.05) is 50.6 Å². The third-order valence-electron chi connectivity index (χ3n) is 2.56. The number of rotatable bonds is 8. The monoisotopic (exact) mass is 270 g/mol. The molecule has 1 rings (SSSR count). The molecule has 5 heteroatoms. The number of nitrogens with zero attached hydrogens (tertiary/aromatic N) is 2. The highest BCUT2D eigenvalue weighted by atomic mass is 35.5. The summed E-state index contributed by atoms with van der Waals surface area (Å²) in [4.78, 5) is 19.2. The van der Waals surface area contributed by atoms with E-state index in [4.69, 9.17) is 16.3 Å². The fourth-order valence-corrected chi connectivity index (χ4v) is 1.64. The molecule has 4 nitrogen and oxygen atoms in total. The van der Waals surface area contributed by atoms with Crippen molar-refractivity contribution < 1.29 is 9.53 Å². The first kappa shape index (κ1) is 14.9. The minimum atomic E-state index is -0.437. The van der Waals surface area contributed by atoms with Crippen LogP contribution in [-0.2, 0) is 4.74 Å². The van der Waals surface area contributed by atoms with Crippen LogP contribution in [0.5, 0.6) is 0 Å². The van der Waals surface area contributed by atoms with Gasteiger partial charge in [-0.05, 0) is 6.42 Å². The van der Waals surface area contributed by atoms with E-state index in [9.17, 15) is 4.79 Å². The van der Waals surface area contributed by atoms with Crippen molar-refractivity contribution in [3.05, 3.63) is 23.2 Å². The number of carbonyl (C=O) groups excluding carboxylic acids is 1. The Balaban J connectivity index is 2.12. The van der Waals surface area contributed by atoms with Gasteiger partial charge in [-0.2, -0.15) is 0 Å². The lowest BCUT2D eigenvalue weighted by Gasteiger charge is -2.04. The first-order valence-electron chi connectivity index (χ1n) is 6.38. The smallest absolute Gasteiger partial charge is 0.358 e. The maximum atomic E-state index is 11.5. The highest BCUT2D eigenvalue weighted by molar-refractivity contribution is 6.29. The van der Waals surface area contributed by atoms with Crippen LogP contribution in [0, 0.1) is 0 Å². The van der Waals surface area contributed by atoms with Gasteiger partial charge in [-0.3, -0.25) is 0 Å².